The van der Waals surface area contributed by atoms with Gasteiger partial charge in [0.25, 0.3) is 0 Å². The summed E-state index contributed by atoms with van der Waals surface area (Å²) in [5, 5.41) is 25.8. The third-order valence-electron chi connectivity index (χ3n) is 3.41. The van der Waals surface area contributed by atoms with E-state index in [-0.39, 0.29) is 13.2 Å². The van der Waals surface area contributed by atoms with Crippen LogP contribution in [0.2, 0.25) is 0 Å². The van der Waals surface area contributed by atoms with Gasteiger partial charge < -0.3 is 15.5 Å². The molecule has 22 heavy (non-hydrogen) atoms. The molecule has 3 N–H and O–H groups in total. The minimum Gasteiger partial charge on any atom is -0.396 e. The maximum Gasteiger partial charge on any atom is 0.154 e. The Morgan fingerprint density at radius 1 is 1.14 bits per heavy atom. The van der Waals surface area contributed by atoms with Crippen LogP contribution in [-0.4, -0.2) is 38.0 Å². The molecule has 3 aromatic rings. The minimum atomic E-state index is 0.00592. The van der Waals surface area contributed by atoms with Gasteiger partial charge in [0.1, 0.15) is 5.82 Å². The smallest absolute Gasteiger partial charge is 0.154 e. The summed E-state index contributed by atoms with van der Waals surface area (Å²) >= 11 is 0. The zero-order valence-electron chi connectivity index (χ0n) is 12.1. The highest BCUT2D eigenvalue weighted by Gasteiger charge is 2.08. The molecular weight excluding hydrogens is 280 g/mol. The maximum atomic E-state index is 9.27. The van der Waals surface area contributed by atoms with Gasteiger partial charge in [-0.05, 0) is 30.2 Å². The number of hydrogen-bond donors (Lipinski definition) is 3. The highest BCUT2D eigenvalue weighted by molar-refractivity contribution is 5.64. The summed E-state index contributed by atoms with van der Waals surface area (Å²) in [6.45, 7) is 0.824. The number of benzene rings is 1. The first-order valence-corrected chi connectivity index (χ1v) is 7.21. The van der Waals surface area contributed by atoms with E-state index in [4.69, 9.17) is 5.11 Å². The van der Waals surface area contributed by atoms with Crippen molar-refractivity contribution < 1.29 is 10.2 Å². The molecule has 2 heterocycles. The van der Waals surface area contributed by atoms with Crippen molar-refractivity contribution in [1.82, 2.24) is 14.6 Å². The van der Waals surface area contributed by atoms with Crippen molar-refractivity contribution in [2.45, 2.75) is 13.0 Å². The van der Waals surface area contributed by atoms with Gasteiger partial charge in [0.15, 0.2) is 5.65 Å². The summed E-state index contributed by atoms with van der Waals surface area (Å²) in [6, 6.07) is 11.4. The quantitative estimate of drug-likeness (QED) is 0.603. The summed E-state index contributed by atoms with van der Waals surface area (Å²) in [7, 11) is 0. The molecule has 3 rings (SSSR count). The number of aromatic nitrogens is 3. The number of anilines is 1. The van der Waals surface area contributed by atoms with Crippen LogP contribution in [-0.2, 0) is 6.61 Å². The van der Waals surface area contributed by atoms with E-state index in [0.29, 0.717) is 13.0 Å². The molecule has 0 unspecified atom stereocenters. The van der Waals surface area contributed by atoms with Gasteiger partial charge in [-0.3, -0.25) is 0 Å². The predicted octanol–water partition coefficient (Wildman–Crippen LogP) is 1.68. The third kappa shape index (κ3) is 2.93. The first-order valence-electron chi connectivity index (χ1n) is 7.21. The monoisotopic (exact) mass is 298 g/mol. The van der Waals surface area contributed by atoms with Gasteiger partial charge in [-0.25, -0.2) is 9.50 Å². The molecule has 0 fully saturated rings. The van der Waals surface area contributed by atoms with Crippen molar-refractivity contribution in [3.63, 3.8) is 0 Å². The summed E-state index contributed by atoms with van der Waals surface area (Å²) < 4.78 is 1.78. The van der Waals surface area contributed by atoms with Crippen molar-refractivity contribution >= 4 is 11.5 Å². The Morgan fingerprint density at radius 3 is 2.86 bits per heavy atom. The Kier molecular flexibility index (Phi) is 4.32. The SMILES string of the molecule is OCCCNc1ccc2ncc(-c3cccc(CO)c3)n2n1. The fraction of sp³-hybridized carbons (Fsp3) is 0.250. The van der Waals surface area contributed by atoms with Gasteiger partial charge in [0.2, 0.25) is 0 Å². The molecule has 0 atom stereocenters. The van der Waals surface area contributed by atoms with Crippen LogP contribution in [0.4, 0.5) is 5.82 Å². The van der Waals surface area contributed by atoms with Gasteiger partial charge >= 0.3 is 0 Å². The number of aliphatic hydroxyl groups excluding tert-OH is 2. The fourth-order valence-corrected chi connectivity index (χ4v) is 2.29. The second-order valence-corrected chi connectivity index (χ2v) is 4.99. The van der Waals surface area contributed by atoms with E-state index in [2.05, 4.69) is 15.4 Å². The molecule has 0 aliphatic heterocycles. The summed E-state index contributed by atoms with van der Waals surface area (Å²) in [6.07, 6.45) is 2.45. The van der Waals surface area contributed by atoms with Crippen molar-refractivity contribution in [3.05, 3.63) is 48.2 Å². The summed E-state index contributed by atoms with van der Waals surface area (Å²) in [5.41, 5.74) is 3.44. The fourth-order valence-electron chi connectivity index (χ4n) is 2.29. The second-order valence-electron chi connectivity index (χ2n) is 4.99. The molecule has 0 amide bonds. The van der Waals surface area contributed by atoms with Crippen molar-refractivity contribution in [2.75, 3.05) is 18.5 Å². The van der Waals surface area contributed by atoms with E-state index in [1.807, 2.05) is 36.4 Å². The molecule has 6 heteroatoms. The van der Waals surface area contributed by atoms with Crippen LogP contribution in [0.1, 0.15) is 12.0 Å². The maximum absolute atomic E-state index is 9.27. The zero-order valence-corrected chi connectivity index (χ0v) is 12.1. The van der Waals surface area contributed by atoms with Crippen LogP contribution in [0.15, 0.2) is 42.6 Å². The highest BCUT2D eigenvalue weighted by atomic mass is 16.3. The molecule has 2 aromatic heterocycles. The Hall–Kier alpha value is -2.44. The lowest BCUT2D eigenvalue weighted by Crippen LogP contribution is -2.07. The molecule has 0 saturated carbocycles. The Morgan fingerprint density at radius 2 is 2.05 bits per heavy atom. The topological polar surface area (TPSA) is 82.7 Å². The Bertz CT molecular complexity index is 770. The van der Waals surface area contributed by atoms with E-state index in [9.17, 15) is 5.11 Å². The number of fused-ring (bicyclic) bond motifs is 1. The van der Waals surface area contributed by atoms with Crippen LogP contribution >= 0.6 is 0 Å². The van der Waals surface area contributed by atoms with Crippen LogP contribution in [0.25, 0.3) is 16.9 Å². The van der Waals surface area contributed by atoms with Crippen LogP contribution in [0, 0.1) is 0 Å². The zero-order chi connectivity index (χ0) is 15.4. The van der Waals surface area contributed by atoms with Gasteiger partial charge in [0, 0.05) is 18.7 Å². The van der Waals surface area contributed by atoms with Crippen molar-refractivity contribution in [2.24, 2.45) is 0 Å². The molecule has 0 spiro atoms. The number of nitrogens with one attached hydrogen (secondary N) is 1. The predicted molar refractivity (Wildman–Crippen MR) is 84.5 cm³/mol. The number of hydrogen-bond acceptors (Lipinski definition) is 5. The molecule has 0 saturated heterocycles. The largest absolute Gasteiger partial charge is 0.396 e. The first-order chi connectivity index (χ1) is 10.8. The van der Waals surface area contributed by atoms with E-state index in [1.54, 1.807) is 10.7 Å². The van der Waals surface area contributed by atoms with Crippen molar-refractivity contribution in [3.8, 4) is 11.3 Å². The standard InChI is InChI=1S/C16H18N4O2/c21-8-2-7-17-15-5-6-16-18-10-14(20(16)19-15)13-4-1-3-12(9-13)11-22/h1,3-6,9-10,21-22H,2,7-8,11H2,(H,17,19). The molecule has 1 aromatic carbocycles. The van der Waals surface area contributed by atoms with Crippen LogP contribution < -0.4 is 5.32 Å². The first kappa shape index (κ1) is 14.5. The highest BCUT2D eigenvalue weighted by Crippen LogP contribution is 2.22. The number of imidazole rings is 1. The lowest BCUT2D eigenvalue weighted by atomic mass is 10.1. The van der Waals surface area contributed by atoms with Crippen molar-refractivity contribution in [1.29, 1.82) is 0 Å². The Balaban J connectivity index is 1.97. The van der Waals surface area contributed by atoms with Gasteiger partial charge in [-0.2, -0.15) is 0 Å². The normalized spacial score (nSPS) is 11.0. The van der Waals surface area contributed by atoms with E-state index < -0.39 is 0 Å². The average molecular weight is 298 g/mol. The molecular formula is C16H18N4O2. The molecule has 0 bridgehead atoms. The molecule has 0 radical (unpaired) electrons. The summed E-state index contributed by atoms with van der Waals surface area (Å²) in [4.78, 5) is 4.36. The van der Waals surface area contributed by atoms with Gasteiger partial charge in [-0.15, -0.1) is 5.10 Å². The summed E-state index contributed by atoms with van der Waals surface area (Å²) in [5.74, 6) is 0.735. The lowest BCUT2D eigenvalue weighted by Gasteiger charge is -2.07. The van der Waals surface area contributed by atoms with E-state index >= 15 is 0 Å². The van der Waals surface area contributed by atoms with Crippen LogP contribution in [0.5, 0.6) is 0 Å². The molecule has 0 aliphatic rings. The lowest BCUT2D eigenvalue weighted by molar-refractivity contribution is 0.282. The molecule has 0 aliphatic carbocycles. The minimum absolute atomic E-state index is 0.00592. The van der Waals surface area contributed by atoms with E-state index in [1.165, 1.54) is 0 Å². The van der Waals surface area contributed by atoms with E-state index in [0.717, 1.165) is 28.3 Å². The van der Waals surface area contributed by atoms with Gasteiger partial charge in [-0.1, -0.05) is 18.2 Å². The molecule has 114 valence electrons. The molecule has 6 nitrogen and oxygen atoms in total. The average Bonchev–Trinajstić information content (AvgIpc) is 2.98. The second kappa shape index (κ2) is 6.55. The number of rotatable bonds is 6. The number of aliphatic hydroxyl groups is 2. The Labute approximate surface area is 128 Å². The van der Waals surface area contributed by atoms with Crippen LogP contribution in [0.3, 0.4) is 0 Å². The third-order valence-corrected chi connectivity index (χ3v) is 3.41. The number of nitrogens with zero attached hydrogens (tertiary/aromatic N) is 3. The van der Waals surface area contributed by atoms with Gasteiger partial charge in [0.05, 0.1) is 18.5 Å².